The van der Waals surface area contributed by atoms with E-state index in [0.29, 0.717) is 25.2 Å². The highest BCUT2D eigenvalue weighted by molar-refractivity contribution is 8.00. The molecule has 1 atom stereocenters. The fourth-order valence-electron chi connectivity index (χ4n) is 2.05. The van der Waals surface area contributed by atoms with E-state index in [-0.39, 0.29) is 31.9 Å². The molecule has 168 valence electrons. The number of likely N-dealkylation sites (tertiary alicyclic amines) is 1. The summed E-state index contributed by atoms with van der Waals surface area (Å²) in [6.45, 7) is 12.7. The van der Waals surface area contributed by atoms with Crippen molar-refractivity contribution < 1.29 is 14.4 Å². The molecule has 0 bridgehead atoms. The van der Waals surface area contributed by atoms with Crippen molar-refractivity contribution in [3.05, 3.63) is 12.2 Å². The van der Waals surface area contributed by atoms with Gasteiger partial charge in [-0.25, -0.2) is 0 Å². The number of allylic oxidation sites excluding steroid dienone is 2. The summed E-state index contributed by atoms with van der Waals surface area (Å²) >= 11 is 1.62. The van der Waals surface area contributed by atoms with Crippen LogP contribution in [0, 0.1) is 0 Å². The van der Waals surface area contributed by atoms with E-state index in [9.17, 15) is 14.4 Å². The van der Waals surface area contributed by atoms with Gasteiger partial charge in [-0.15, -0.1) is 11.8 Å². The van der Waals surface area contributed by atoms with Crippen molar-refractivity contribution in [2.45, 2.75) is 107 Å². The quantitative estimate of drug-likeness (QED) is 0.310. The van der Waals surface area contributed by atoms with E-state index in [1.165, 1.54) is 4.90 Å². The van der Waals surface area contributed by atoms with Gasteiger partial charge in [0.2, 0.25) is 11.8 Å². The van der Waals surface area contributed by atoms with E-state index in [2.05, 4.69) is 13.8 Å². The van der Waals surface area contributed by atoms with Crippen LogP contribution in [-0.4, -0.2) is 40.0 Å². The SMILES string of the molecule is C.C.CC=CC.CCCC(=O)CC.CCCCN1C(=O)CC(SCCC)C1=O. The van der Waals surface area contributed by atoms with Crippen molar-refractivity contribution in [3.63, 3.8) is 0 Å². The molecule has 28 heavy (non-hydrogen) atoms. The van der Waals surface area contributed by atoms with Crippen LogP contribution in [0.4, 0.5) is 0 Å². The Labute approximate surface area is 179 Å². The minimum absolute atomic E-state index is 0. The standard InChI is InChI=1S/C11H19NO2S.C6H12O.C4H8.2CH4/c1-3-5-6-12-10(13)8-9(11(12)14)15-7-4-2;1-3-5-6(7)4-2;1-3-4-2;;/h9H,3-8H2,1-2H3;3-5H2,1-2H3;3-4H,1-2H3;2*1H4. The summed E-state index contributed by atoms with van der Waals surface area (Å²) in [5.74, 6) is 1.39. The van der Waals surface area contributed by atoms with Crippen LogP contribution in [0.15, 0.2) is 12.2 Å². The van der Waals surface area contributed by atoms with Gasteiger partial charge in [0.25, 0.3) is 0 Å². The van der Waals surface area contributed by atoms with Crippen molar-refractivity contribution in [3.8, 4) is 0 Å². The van der Waals surface area contributed by atoms with Crippen molar-refractivity contribution in [1.29, 1.82) is 0 Å². The highest BCUT2D eigenvalue weighted by Gasteiger charge is 2.37. The Balaban J connectivity index is -0.000000188. The van der Waals surface area contributed by atoms with Gasteiger partial charge in [-0.05, 0) is 38.9 Å². The lowest BCUT2D eigenvalue weighted by molar-refractivity contribution is -0.138. The molecule has 5 heteroatoms. The normalized spacial score (nSPS) is 15.1. The van der Waals surface area contributed by atoms with Gasteiger partial charge in [0.05, 0.1) is 5.25 Å². The molecule has 1 rings (SSSR count). The Hall–Kier alpha value is -1.10. The minimum Gasteiger partial charge on any atom is -0.300 e. The molecule has 1 aliphatic heterocycles. The van der Waals surface area contributed by atoms with E-state index in [1.807, 2.05) is 39.8 Å². The van der Waals surface area contributed by atoms with Crippen LogP contribution in [0.3, 0.4) is 0 Å². The van der Waals surface area contributed by atoms with Gasteiger partial charge < -0.3 is 0 Å². The van der Waals surface area contributed by atoms with Gasteiger partial charge in [-0.2, -0.15) is 0 Å². The first-order valence-corrected chi connectivity index (χ1v) is 11.0. The molecule has 1 heterocycles. The molecule has 1 saturated heterocycles. The number of unbranched alkanes of at least 4 members (excludes halogenated alkanes) is 1. The Kier molecular flexibility index (Phi) is 29.4. The summed E-state index contributed by atoms with van der Waals surface area (Å²) in [4.78, 5) is 35.2. The number of amides is 2. The summed E-state index contributed by atoms with van der Waals surface area (Å²) < 4.78 is 0. The lowest BCUT2D eigenvalue weighted by atomic mass is 10.2. The van der Waals surface area contributed by atoms with Crippen molar-refractivity contribution in [1.82, 2.24) is 4.90 Å². The lowest BCUT2D eigenvalue weighted by Crippen LogP contribution is -2.32. The molecule has 0 N–H and O–H groups in total. The van der Waals surface area contributed by atoms with Crippen molar-refractivity contribution in [2.24, 2.45) is 0 Å². The molecule has 1 unspecified atom stereocenters. The molecule has 4 nitrogen and oxygen atoms in total. The largest absolute Gasteiger partial charge is 0.300 e. The zero-order chi connectivity index (χ0) is 20.4. The Morgan fingerprint density at radius 2 is 1.61 bits per heavy atom. The number of hydrogen-bond acceptors (Lipinski definition) is 4. The number of imide groups is 1. The molecule has 1 aliphatic rings. The summed E-state index contributed by atoms with van der Waals surface area (Å²) in [6.07, 6.45) is 9.86. The maximum absolute atomic E-state index is 11.8. The van der Waals surface area contributed by atoms with E-state index in [4.69, 9.17) is 0 Å². The highest BCUT2D eigenvalue weighted by atomic mass is 32.2. The van der Waals surface area contributed by atoms with Crippen LogP contribution in [0.1, 0.15) is 101 Å². The van der Waals surface area contributed by atoms with Gasteiger partial charge >= 0.3 is 0 Å². The number of Topliss-reactive ketones (excluding diaryl/α,β-unsaturated/α-hetero) is 1. The number of rotatable bonds is 9. The van der Waals surface area contributed by atoms with Crippen molar-refractivity contribution in [2.75, 3.05) is 12.3 Å². The summed E-state index contributed by atoms with van der Waals surface area (Å²) in [5.41, 5.74) is 0. The van der Waals surface area contributed by atoms with Crippen LogP contribution in [0.5, 0.6) is 0 Å². The second kappa shape index (κ2) is 23.9. The molecule has 0 saturated carbocycles. The third-order valence-corrected chi connectivity index (χ3v) is 5.13. The molecule has 0 spiro atoms. The van der Waals surface area contributed by atoms with E-state index in [0.717, 1.165) is 37.9 Å². The summed E-state index contributed by atoms with van der Waals surface area (Å²) in [6, 6.07) is 0. The van der Waals surface area contributed by atoms with Crippen LogP contribution >= 0.6 is 11.8 Å². The minimum atomic E-state index is -0.102. The van der Waals surface area contributed by atoms with Gasteiger partial charge in [-0.3, -0.25) is 19.3 Å². The van der Waals surface area contributed by atoms with Gasteiger partial charge in [0.15, 0.2) is 0 Å². The Bertz CT molecular complexity index is 418. The average molecular weight is 418 g/mol. The fourth-order valence-corrected chi connectivity index (χ4v) is 3.10. The number of nitrogens with zero attached hydrogens (tertiary/aromatic N) is 1. The fraction of sp³-hybridized carbons (Fsp3) is 0.783. The van der Waals surface area contributed by atoms with Crippen LogP contribution in [0.25, 0.3) is 0 Å². The lowest BCUT2D eigenvalue weighted by Gasteiger charge is -2.13. The predicted molar refractivity (Wildman–Crippen MR) is 127 cm³/mol. The molecule has 0 aromatic heterocycles. The van der Waals surface area contributed by atoms with Crippen LogP contribution < -0.4 is 0 Å². The molecule has 0 aromatic rings. The predicted octanol–water partition coefficient (Wildman–Crippen LogP) is 6.68. The smallest absolute Gasteiger partial charge is 0.242 e. The third-order valence-electron chi connectivity index (χ3n) is 3.72. The number of carbonyl (C=O) groups excluding carboxylic acids is 3. The molecular formula is C23H47NO3S. The zero-order valence-corrected chi connectivity index (χ0v) is 18.5. The zero-order valence-electron chi connectivity index (χ0n) is 17.7. The molecule has 0 aliphatic carbocycles. The van der Waals surface area contributed by atoms with Gasteiger partial charge in [-0.1, -0.05) is 61.1 Å². The van der Waals surface area contributed by atoms with E-state index < -0.39 is 0 Å². The molecular weight excluding hydrogens is 370 g/mol. The number of carbonyl (C=O) groups is 3. The first-order valence-electron chi connectivity index (χ1n) is 9.97. The number of hydrogen-bond donors (Lipinski definition) is 0. The third kappa shape index (κ3) is 17.0. The van der Waals surface area contributed by atoms with Crippen molar-refractivity contribution >= 4 is 29.4 Å². The van der Waals surface area contributed by atoms with Gasteiger partial charge in [0.1, 0.15) is 5.78 Å². The highest BCUT2D eigenvalue weighted by Crippen LogP contribution is 2.25. The first-order chi connectivity index (χ1) is 12.4. The number of ketones is 1. The second-order valence-corrected chi connectivity index (χ2v) is 7.42. The topological polar surface area (TPSA) is 54.5 Å². The van der Waals surface area contributed by atoms with Gasteiger partial charge in [0, 0.05) is 25.8 Å². The Morgan fingerprint density at radius 3 is 1.96 bits per heavy atom. The number of thioether (sulfide) groups is 1. The monoisotopic (exact) mass is 417 g/mol. The second-order valence-electron chi connectivity index (χ2n) is 6.11. The Morgan fingerprint density at radius 1 is 1.04 bits per heavy atom. The molecule has 0 aromatic carbocycles. The summed E-state index contributed by atoms with van der Waals surface area (Å²) in [5, 5.41) is -0.102. The van der Waals surface area contributed by atoms with E-state index in [1.54, 1.807) is 11.8 Å². The maximum atomic E-state index is 11.8. The van der Waals surface area contributed by atoms with Crippen LogP contribution in [-0.2, 0) is 14.4 Å². The average Bonchev–Trinajstić information content (AvgIpc) is 2.92. The molecule has 1 fully saturated rings. The molecule has 0 radical (unpaired) electrons. The molecule has 2 amide bonds. The van der Waals surface area contributed by atoms with E-state index >= 15 is 0 Å². The first kappa shape index (κ1) is 34.4. The van der Waals surface area contributed by atoms with Crippen LogP contribution in [0.2, 0.25) is 0 Å². The summed E-state index contributed by atoms with van der Waals surface area (Å²) in [7, 11) is 0. The maximum Gasteiger partial charge on any atom is 0.242 e.